The first-order valence-corrected chi connectivity index (χ1v) is 28.7. The number of benzene rings is 1. The molecule has 0 saturated carbocycles. The molecule has 1 aromatic rings. The molecule has 0 aromatic heterocycles. The molecule has 70 heavy (non-hydrogen) atoms. The number of allylic oxidation sites excluding steroid dienone is 16. The van der Waals surface area contributed by atoms with Gasteiger partial charge in [0.05, 0.1) is 12.1 Å². The van der Waals surface area contributed by atoms with Gasteiger partial charge in [-0.1, -0.05) is 152 Å². The fourth-order valence-corrected chi connectivity index (χ4v) is 16.8. The molecule has 3 saturated heterocycles. The second kappa shape index (κ2) is 19.1. The van der Waals surface area contributed by atoms with E-state index in [0.717, 1.165) is 32.2 Å². The summed E-state index contributed by atoms with van der Waals surface area (Å²) in [6, 6.07) is 12.4. The maximum absolute atomic E-state index is 5.99. The third-order valence-electron chi connectivity index (χ3n) is 18.9. The topological polar surface area (TPSA) is 42.9 Å². The molecule has 1 aromatic carbocycles. The average Bonchev–Trinajstić information content (AvgIpc) is 3.96. The first-order valence-electron chi connectivity index (χ1n) is 27.8. The number of likely N-dealkylation sites (N-methyl/N-ethyl adjacent to an activating group) is 1. The summed E-state index contributed by atoms with van der Waals surface area (Å²) < 4.78 is 0. The van der Waals surface area contributed by atoms with E-state index in [-0.39, 0.29) is 29.7 Å². The molecule has 10 unspecified atom stereocenters. The van der Waals surface area contributed by atoms with Crippen LogP contribution in [-0.2, 0) is 0 Å². The van der Waals surface area contributed by atoms with Crippen molar-refractivity contribution in [1.29, 1.82) is 0 Å². The van der Waals surface area contributed by atoms with Gasteiger partial charge < -0.3 is 15.1 Å². The Balaban J connectivity index is 0.899. The van der Waals surface area contributed by atoms with Crippen molar-refractivity contribution >= 4 is 17.6 Å². The predicted octanol–water partition coefficient (Wildman–Crippen LogP) is 13.7. The highest BCUT2D eigenvalue weighted by atomic mass is 32.2. The lowest BCUT2D eigenvalue weighted by molar-refractivity contribution is 0.213. The molecule has 2 N–H and O–H groups in total. The Morgan fingerprint density at radius 3 is 2.50 bits per heavy atom. The van der Waals surface area contributed by atoms with E-state index < -0.39 is 0 Å². The van der Waals surface area contributed by atoms with Crippen molar-refractivity contribution in [3.63, 3.8) is 0 Å². The van der Waals surface area contributed by atoms with Gasteiger partial charge in [0.15, 0.2) is 0 Å². The Bertz CT molecular complexity index is 2680. The molecule has 0 spiro atoms. The summed E-state index contributed by atoms with van der Waals surface area (Å²) in [5, 5.41) is 9.02. The Morgan fingerprint density at radius 2 is 1.69 bits per heavy atom. The molecule has 13 atom stereocenters. The summed E-state index contributed by atoms with van der Waals surface area (Å²) in [5.41, 5.74) is 12.4. The molecular weight excluding hydrogens is 871 g/mol. The van der Waals surface area contributed by atoms with Gasteiger partial charge in [-0.25, -0.2) is 0 Å². The highest BCUT2D eigenvalue weighted by molar-refractivity contribution is 8.04. The van der Waals surface area contributed by atoms with Crippen LogP contribution in [0, 0.1) is 35.0 Å². The maximum Gasteiger partial charge on any atom is 0.110 e. The number of aliphatic imine (C=N–C) groups is 1. The molecule has 0 amide bonds. The fourth-order valence-electron chi connectivity index (χ4n) is 15.4. The SMILES string of the molecule is CN1C(C2CC(C3=C[C@](C)(C4=CCCCC4)C(c4ccccc4)C=C3)CNC2C2=CC=CC3SC4=CC5C6=CC=CC[C@H]6N(C6=CCCCC6)C5C=C4[C@@H]23)=NC(C2C=CCCC2)NC1C1=CC=CCC1. The summed E-state index contributed by atoms with van der Waals surface area (Å²) in [7, 11) is 2.37. The van der Waals surface area contributed by atoms with Gasteiger partial charge in [0, 0.05) is 70.5 Å². The van der Waals surface area contributed by atoms with Crippen molar-refractivity contribution in [2.24, 2.45) is 40.0 Å². The van der Waals surface area contributed by atoms with Gasteiger partial charge in [-0.2, -0.15) is 0 Å². The van der Waals surface area contributed by atoms with Crippen molar-refractivity contribution in [3.8, 4) is 0 Å². The number of hydrogen-bond acceptors (Lipinski definition) is 6. The number of piperidine rings is 1. The van der Waals surface area contributed by atoms with Crippen molar-refractivity contribution in [1.82, 2.24) is 20.4 Å². The zero-order chi connectivity index (χ0) is 46.8. The first kappa shape index (κ1) is 45.3. The summed E-state index contributed by atoms with van der Waals surface area (Å²) in [4.78, 5) is 13.0. The van der Waals surface area contributed by atoms with Gasteiger partial charge in [0.2, 0.25) is 0 Å². The number of fused-ring (bicyclic) bond motifs is 6. The Hall–Kier alpha value is -4.62. The standard InChI is InChI=1S/C64H75N5S/c1-64(47-27-14-6-15-28-47)40-45(35-36-54(64)42-21-8-3-9-22-42)46-37-53(63-67-61(43-23-10-4-11-24-43)66-62(68(63)2)44-25-12-5-13-26-44)60(65-41-46)50-32-20-34-57-59(50)52-38-56-51(39-58(52)70-57)49-31-18-19-33-55(49)69(56)48-29-16-7-17-30-48/h3,5,8-10,12,18-23,25,27,29,31-32,34-36,38-40,43,46,51,53-57,59-62,65-66H,4,6-7,11,13-17,24,26,28,30,33,37,41H2,1-2H3/t43?,46?,51?,53?,54?,55-,56?,57?,59-,60?,61?,62?,64-/m1/s1. The molecule has 0 bridgehead atoms. The van der Waals surface area contributed by atoms with Gasteiger partial charge in [0.1, 0.15) is 18.2 Å². The molecule has 6 heteroatoms. The zero-order valence-electron chi connectivity index (χ0n) is 41.8. The van der Waals surface area contributed by atoms with Gasteiger partial charge in [0.25, 0.3) is 0 Å². The van der Waals surface area contributed by atoms with E-state index in [1.807, 2.05) is 0 Å². The van der Waals surface area contributed by atoms with E-state index in [0.29, 0.717) is 46.9 Å². The normalized spacial score (nSPS) is 38.7. The minimum atomic E-state index is -0.0593. The molecule has 13 rings (SSSR count). The zero-order valence-corrected chi connectivity index (χ0v) is 42.6. The van der Waals surface area contributed by atoms with E-state index in [2.05, 4.69) is 186 Å². The molecule has 0 radical (unpaired) electrons. The molecule has 5 nitrogen and oxygen atoms in total. The van der Waals surface area contributed by atoms with E-state index >= 15 is 0 Å². The van der Waals surface area contributed by atoms with Crippen LogP contribution >= 0.6 is 11.8 Å². The van der Waals surface area contributed by atoms with Gasteiger partial charge >= 0.3 is 0 Å². The third kappa shape index (κ3) is 8.02. The number of nitrogens with zero attached hydrogens (tertiary/aromatic N) is 3. The van der Waals surface area contributed by atoms with Gasteiger partial charge in [-0.05, 0) is 136 Å². The van der Waals surface area contributed by atoms with Crippen LogP contribution in [-0.4, -0.2) is 64.9 Å². The predicted molar refractivity (Wildman–Crippen MR) is 293 cm³/mol. The smallest absolute Gasteiger partial charge is 0.110 e. The molecule has 8 aliphatic carbocycles. The van der Waals surface area contributed by atoms with Crippen molar-refractivity contribution in [2.75, 3.05) is 13.6 Å². The summed E-state index contributed by atoms with van der Waals surface area (Å²) in [6.07, 6.45) is 63.5. The van der Waals surface area contributed by atoms with Crippen LogP contribution in [0.25, 0.3) is 0 Å². The van der Waals surface area contributed by atoms with Crippen molar-refractivity contribution < 1.29 is 0 Å². The van der Waals surface area contributed by atoms with E-state index in [9.17, 15) is 0 Å². The molecular formula is C64H75N5S. The maximum atomic E-state index is 5.99. The van der Waals surface area contributed by atoms with Crippen LogP contribution in [0.4, 0.5) is 0 Å². The second-order valence-corrected chi connectivity index (χ2v) is 24.1. The first-order chi connectivity index (χ1) is 34.5. The molecule has 4 heterocycles. The molecule has 12 aliphatic rings. The number of likely N-dealkylation sites (tertiary alicyclic amines) is 1. The number of hydrogen-bond donors (Lipinski definition) is 2. The Kier molecular flexibility index (Phi) is 12.3. The molecule has 362 valence electrons. The van der Waals surface area contributed by atoms with Crippen molar-refractivity contribution in [3.05, 3.63) is 189 Å². The summed E-state index contributed by atoms with van der Waals surface area (Å²) in [6.45, 7) is 3.53. The highest BCUT2D eigenvalue weighted by Crippen LogP contribution is 2.58. The van der Waals surface area contributed by atoms with Crippen LogP contribution in [0.2, 0.25) is 0 Å². The van der Waals surface area contributed by atoms with Crippen LogP contribution in [0.1, 0.15) is 115 Å². The summed E-state index contributed by atoms with van der Waals surface area (Å²) >= 11 is 2.15. The number of nitrogens with one attached hydrogen (secondary N) is 2. The monoisotopic (exact) mass is 946 g/mol. The van der Waals surface area contributed by atoms with Crippen molar-refractivity contribution in [2.45, 2.75) is 145 Å². The number of thioether (sulfide) groups is 1. The quantitative estimate of drug-likeness (QED) is 0.254. The van der Waals surface area contributed by atoms with Crippen LogP contribution in [0.15, 0.2) is 189 Å². The number of rotatable bonds is 8. The highest BCUT2D eigenvalue weighted by Gasteiger charge is 2.52. The molecule has 4 aliphatic heterocycles. The minimum Gasteiger partial charge on any atom is -0.361 e. The second-order valence-electron chi connectivity index (χ2n) is 22.9. The fraction of sp³-hybridized carbons (Fsp3) is 0.484. The minimum absolute atomic E-state index is 0.0554. The largest absolute Gasteiger partial charge is 0.361 e. The third-order valence-corrected chi connectivity index (χ3v) is 20.2. The lowest BCUT2D eigenvalue weighted by Crippen LogP contribution is -2.62. The van der Waals surface area contributed by atoms with Crippen LogP contribution < -0.4 is 10.6 Å². The van der Waals surface area contributed by atoms with Gasteiger partial charge in [-0.15, -0.1) is 11.8 Å². The molecule has 3 fully saturated rings. The Morgan fingerprint density at radius 1 is 0.814 bits per heavy atom. The van der Waals surface area contributed by atoms with E-state index in [4.69, 9.17) is 4.99 Å². The van der Waals surface area contributed by atoms with E-state index in [1.54, 1.807) is 28.0 Å². The average molecular weight is 946 g/mol. The number of amidine groups is 1. The Labute approximate surface area is 423 Å². The summed E-state index contributed by atoms with van der Waals surface area (Å²) in [5.74, 6) is 3.37. The van der Waals surface area contributed by atoms with Gasteiger partial charge in [-0.3, -0.25) is 10.3 Å². The lowest BCUT2D eigenvalue weighted by atomic mass is 9.62. The van der Waals surface area contributed by atoms with Crippen LogP contribution in [0.5, 0.6) is 0 Å². The lowest BCUT2D eigenvalue weighted by Gasteiger charge is -2.49. The van der Waals surface area contributed by atoms with Crippen LogP contribution in [0.3, 0.4) is 0 Å². The van der Waals surface area contributed by atoms with E-state index in [1.165, 1.54) is 98.1 Å².